The number of carbonyl (C=O) groups is 2. The van der Waals surface area contributed by atoms with Gasteiger partial charge < -0.3 is 19.9 Å². The second-order valence-corrected chi connectivity index (χ2v) is 8.32. The van der Waals surface area contributed by atoms with Gasteiger partial charge in [0.15, 0.2) is 0 Å². The molecular weight excluding hydrogens is 432 g/mol. The van der Waals surface area contributed by atoms with Crippen molar-refractivity contribution in [2.45, 2.75) is 13.0 Å². The van der Waals surface area contributed by atoms with E-state index in [1.54, 1.807) is 6.92 Å². The number of carbonyl (C=O) groups excluding carboxylic acids is 2. The van der Waals surface area contributed by atoms with Crippen LogP contribution in [-0.4, -0.2) is 97.7 Å². The fourth-order valence-electron chi connectivity index (χ4n) is 3.65. The number of nitrogens with zero attached hydrogens (tertiary/aromatic N) is 5. The lowest BCUT2D eigenvalue weighted by atomic mass is 10.1. The number of likely N-dealkylation sites (N-methyl/N-ethyl adjacent to an activating group) is 1. The Morgan fingerprint density at radius 3 is 2.41 bits per heavy atom. The molecule has 1 aliphatic heterocycles. The van der Waals surface area contributed by atoms with Crippen LogP contribution in [0.25, 0.3) is 6.08 Å². The highest BCUT2D eigenvalue weighted by atomic mass is 16.5. The summed E-state index contributed by atoms with van der Waals surface area (Å²) in [6.07, 6.45) is 6.97. The van der Waals surface area contributed by atoms with Crippen molar-refractivity contribution in [1.29, 1.82) is 0 Å². The molecule has 9 nitrogen and oxygen atoms in total. The first-order valence-corrected chi connectivity index (χ1v) is 11.6. The van der Waals surface area contributed by atoms with Crippen LogP contribution in [0.15, 0.2) is 48.8 Å². The molecule has 1 atom stereocenters. The Labute approximate surface area is 201 Å². The molecule has 1 aromatic carbocycles. The Balaban J connectivity index is 1.64. The Morgan fingerprint density at radius 2 is 1.79 bits per heavy atom. The van der Waals surface area contributed by atoms with E-state index < -0.39 is 5.97 Å². The molecule has 1 amide bonds. The van der Waals surface area contributed by atoms with Crippen LogP contribution >= 0.6 is 0 Å². The smallest absolute Gasteiger partial charge is 0.341 e. The summed E-state index contributed by atoms with van der Waals surface area (Å²) in [6.45, 7) is 6.19. The lowest BCUT2D eigenvalue weighted by Crippen LogP contribution is -2.55. The van der Waals surface area contributed by atoms with Gasteiger partial charge in [-0.15, -0.1) is 0 Å². The maximum atomic E-state index is 13.0. The lowest BCUT2D eigenvalue weighted by Gasteiger charge is -2.37. The number of aromatic nitrogens is 2. The van der Waals surface area contributed by atoms with E-state index in [0.29, 0.717) is 50.8 Å². The van der Waals surface area contributed by atoms with Gasteiger partial charge in [-0.3, -0.25) is 9.69 Å². The number of rotatable bonds is 10. The second kappa shape index (κ2) is 12.8. The van der Waals surface area contributed by atoms with Crippen molar-refractivity contribution in [3.63, 3.8) is 0 Å². The first-order chi connectivity index (χ1) is 16.5. The van der Waals surface area contributed by atoms with Crippen molar-refractivity contribution in [3.05, 3.63) is 59.9 Å². The molecular formula is C25H34N6O3. The monoisotopic (exact) mass is 466 g/mol. The average Bonchev–Trinajstić information content (AvgIpc) is 2.85. The van der Waals surface area contributed by atoms with Gasteiger partial charge in [-0.2, -0.15) is 0 Å². The van der Waals surface area contributed by atoms with Gasteiger partial charge in [0.2, 0.25) is 11.9 Å². The normalized spacial score (nSPS) is 15.5. The molecule has 2 aromatic rings. The number of amides is 1. The van der Waals surface area contributed by atoms with Gasteiger partial charge in [-0.25, -0.2) is 14.8 Å². The van der Waals surface area contributed by atoms with Crippen molar-refractivity contribution in [1.82, 2.24) is 25.1 Å². The van der Waals surface area contributed by atoms with Crippen LogP contribution < -0.4 is 10.2 Å². The first-order valence-electron chi connectivity index (χ1n) is 11.6. The first kappa shape index (κ1) is 25.3. The van der Waals surface area contributed by atoms with Crippen LogP contribution in [0.2, 0.25) is 0 Å². The Bertz CT molecular complexity index is 941. The standard InChI is InChI=1S/C25H34N6O3/c1-4-34-24(33)21-18-27-25(28-19-21)31-16-14-30(15-17-31)22(23(32)26-12-13-29(2)3)11-10-20-8-6-5-7-9-20/h5-11,18-19,22H,4,12-17H2,1-3H3,(H,26,32). The van der Waals surface area contributed by atoms with Crippen LogP contribution in [0.5, 0.6) is 0 Å². The topological polar surface area (TPSA) is 90.9 Å². The lowest BCUT2D eigenvalue weighted by molar-refractivity contribution is -0.125. The molecule has 0 bridgehead atoms. The molecule has 0 saturated carbocycles. The number of hydrogen-bond acceptors (Lipinski definition) is 8. The van der Waals surface area contributed by atoms with Crippen LogP contribution in [0.1, 0.15) is 22.8 Å². The van der Waals surface area contributed by atoms with E-state index in [1.807, 2.05) is 61.5 Å². The Kier molecular flexibility index (Phi) is 9.54. The third-order valence-electron chi connectivity index (χ3n) is 5.54. The zero-order valence-electron chi connectivity index (χ0n) is 20.2. The molecule has 0 radical (unpaired) electrons. The second-order valence-electron chi connectivity index (χ2n) is 8.32. The highest BCUT2D eigenvalue weighted by Crippen LogP contribution is 2.15. The Hall–Kier alpha value is -3.30. The molecule has 2 heterocycles. The molecule has 182 valence electrons. The summed E-state index contributed by atoms with van der Waals surface area (Å²) < 4.78 is 4.99. The molecule has 1 aromatic heterocycles. The summed E-state index contributed by atoms with van der Waals surface area (Å²) in [6, 6.07) is 9.62. The third kappa shape index (κ3) is 7.36. The summed E-state index contributed by atoms with van der Waals surface area (Å²) in [7, 11) is 3.97. The highest BCUT2D eigenvalue weighted by Gasteiger charge is 2.28. The number of anilines is 1. The largest absolute Gasteiger partial charge is 0.462 e. The van der Waals surface area contributed by atoms with Gasteiger partial charge in [0.05, 0.1) is 12.2 Å². The minimum absolute atomic E-state index is 0.00230. The average molecular weight is 467 g/mol. The number of hydrogen-bond donors (Lipinski definition) is 1. The van der Waals surface area contributed by atoms with Crippen LogP contribution in [0.3, 0.4) is 0 Å². The van der Waals surface area contributed by atoms with Crippen molar-refractivity contribution >= 4 is 23.9 Å². The van der Waals surface area contributed by atoms with Gasteiger partial charge in [-0.05, 0) is 26.6 Å². The summed E-state index contributed by atoms with van der Waals surface area (Å²) in [5, 5.41) is 3.06. The summed E-state index contributed by atoms with van der Waals surface area (Å²) in [5.41, 5.74) is 1.40. The minimum atomic E-state index is -0.424. The molecule has 0 aliphatic carbocycles. The maximum Gasteiger partial charge on any atom is 0.341 e. The minimum Gasteiger partial charge on any atom is -0.462 e. The van der Waals surface area contributed by atoms with E-state index in [-0.39, 0.29) is 11.9 Å². The molecule has 9 heteroatoms. The van der Waals surface area contributed by atoms with E-state index >= 15 is 0 Å². The Morgan fingerprint density at radius 1 is 1.12 bits per heavy atom. The van der Waals surface area contributed by atoms with Crippen molar-refractivity contribution < 1.29 is 14.3 Å². The maximum absolute atomic E-state index is 13.0. The van der Waals surface area contributed by atoms with Crippen molar-refractivity contribution in [2.24, 2.45) is 0 Å². The predicted octanol–water partition coefficient (Wildman–Crippen LogP) is 1.54. The van der Waals surface area contributed by atoms with Gasteiger partial charge >= 0.3 is 5.97 Å². The molecule has 1 fully saturated rings. The molecule has 0 spiro atoms. The summed E-state index contributed by atoms with van der Waals surface area (Å²) in [4.78, 5) is 39.8. The molecule has 1 aliphatic rings. The van der Waals surface area contributed by atoms with Crippen molar-refractivity contribution in [3.8, 4) is 0 Å². The molecule has 1 unspecified atom stereocenters. The third-order valence-corrected chi connectivity index (χ3v) is 5.54. The molecule has 3 rings (SSSR count). The van der Waals surface area contributed by atoms with Crippen molar-refractivity contribution in [2.75, 3.05) is 64.9 Å². The van der Waals surface area contributed by atoms with Crippen LogP contribution in [-0.2, 0) is 9.53 Å². The van der Waals surface area contributed by atoms with Crippen LogP contribution in [0.4, 0.5) is 5.95 Å². The van der Waals surface area contributed by atoms with E-state index in [4.69, 9.17) is 4.74 Å². The molecule has 1 saturated heterocycles. The van der Waals surface area contributed by atoms with Gasteiger partial charge in [0, 0.05) is 51.7 Å². The van der Waals surface area contributed by atoms with E-state index in [2.05, 4.69) is 25.1 Å². The number of nitrogens with one attached hydrogen (secondary N) is 1. The predicted molar refractivity (Wildman–Crippen MR) is 133 cm³/mol. The van der Waals surface area contributed by atoms with Gasteiger partial charge in [0.1, 0.15) is 6.04 Å². The number of piperazine rings is 1. The highest BCUT2D eigenvalue weighted by molar-refractivity contribution is 5.88. The fraction of sp³-hybridized carbons (Fsp3) is 0.440. The van der Waals surface area contributed by atoms with E-state index in [1.165, 1.54) is 12.4 Å². The molecule has 34 heavy (non-hydrogen) atoms. The van der Waals surface area contributed by atoms with E-state index in [0.717, 1.165) is 12.1 Å². The molecule has 1 N–H and O–H groups in total. The number of esters is 1. The quantitative estimate of drug-likeness (QED) is 0.528. The number of benzene rings is 1. The zero-order chi connectivity index (χ0) is 24.3. The zero-order valence-corrected chi connectivity index (χ0v) is 20.2. The summed E-state index contributed by atoms with van der Waals surface area (Å²) >= 11 is 0. The van der Waals surface area contributed by atoms with Gasteiger partial charge in [0.25, 0.3) is 0 Å². The number of ether oxygens (including phenoxy) is 1. The van der Waals surface area contributed by atoms with Crippen LogP contribution in [0, 0.1) is 0 Å². The summed E-state index contributed by atoms with van der Waals surface area (Å²) in [5.74, 6) is 0.143. The van der Waals surface area contributed by atoms with E-state index in [9.17, 15) is 9.59 Å². The fourth-order valence-corrected chi connectivity index (χ4v) is 3.65. The van der Waals surface area contributed by atoms with Gasteiger partial charge in [-0.1, -0.05) is 42.5 Å². The SMILES string of the molecule is CCOC(=O)c1cnc(N2CCN(C(C=Cc3ccccc3)C(=O)NCCN(C)C)CC2)nc1.